The number of carbonyl (C=O) groups is 1. The number of carbonyl (C=O) groups excluding carboxylic acids is 1. The van der Waals surface area contributed by atoms with Crippen molar-refractivity contribution >= 4 is 17.5 Å². The molecule has 0 aromatic heterocycles. The highest BCUT2D eigenvalue weighted by atomic mass is 35.5. The minimum atomic E-state index is 0.104. The molecule has 19 heavy (non-hydrogen) atoms. The summed E-state index contributed by atoms with van der Waals surface area (Å²) >= 11 is 5.79. The lowest BCUT2D eigenvalue weighted by Gasteiger charge is -2.41. The summed E-state index contributed by atoms with van der Waals surface area (Å²) in [6.07, 6.45) is 5.42. The summed E-state index contributed by atoms with van der Waals surface area (Å²) in [5, 5.41) is 0. The lowest BCUT2D eigenvalue weighted by molar-refractivity contribution is -0.137. The Morgan fingerprint density at radius 1 is 1.32 bits per heavy atom. The van der Waals surface area contributed by atoms with E-state index in [-0.39, 0.29) is 5.92 Å². The van der Waals surface area contributed by atoms with Crippen LogP contribution in [0, 0.1) is 0 Å². The Hall–Kier alpha value is -1.02. The summed E-state index contributed by atoms with van der Waals surface area (Å²) in [6.45, 7) is 0.825. The van der Waals surface area contributed by atoms with E-state index in [1.165, 1.54) is 30.4 Å². The van der Waals surface area contributed by atoms with E-state index < -0.39 is 0 Å². The van der Waals surface area contributed by atoms with E-state index in [2.05, 4.69) is 23.1 Å². The number of fused-ring (bicyclic) bond motifs is 1. The first kappa shape index (κ1) is 13.0. The molecular formula is C16H20ClNO. The number of nitrogens with zero attached hydrogens (tertiary/aromatic N) is 1. The van der Waals surface area contributed by atoms with E-state index in [0.29, 0.717) is 17.8 Å². The van der Waals surface area contributed by atoms with Crippen LogP contribution in [0.1, 0.15) is 42.7 Å². The molecule has 2 aliphatic carbocycles. The monoisotopic (exact) mass is 277 g/mol. The number of amides is 1. The number of alkyl halides is 1. The molecule has 1 amide bonds. The molecule has 0 radical (unpaired) electrons. The number of halogens is 1. The third kappa shape index (κ3) is 2.38. The van der Waals surface area contributed by atoms with E-state index in [9.17, 15) is 4.79 Å². The first-order valence-corrected chi connectivity index (χ1v) is 7.79. The van der Waals surface area contributed by atoms with Crippen LogP contribution in [0.15, 0.2) is 24.3 Å². The second kappa shape index (κ2) is 5.54. The van der Waals surface area contributed by atoms with Gasteiger partial charge in [0.15, 0.2) is 0 Å². The highest BCUT2D eigenvalue weighted by Crippen LogP contribution is 2.38. The van der Waals surface area contributed by atoms with Crippen molar-refractivity contribution in [2.45, 2.75) is 44.1 Å². The van der Waals surface area contributed by atoms with E-state index in [1.807, 2.05) is 6.07 Å². The second-order valence-corrected chi connectivity index (χ2v) is 5.99. The van der Waals surface area contributed by atoms with E-state index in [0.717, 1.165) is 19.4 Å². The van der Waals surface area contributed by atoms with Crippen molar-refractivity contribution in [3.8, 4) is 0 Å². The normalized spacial score (nSPS) is 21.2. The highest BCUT2D eigenvalue weighted by Gasteiger charge is 2.38. The molecule has 0 spiro atoms. The van der Waals surface area contributed by atoms with Crippen molar-refractivity contribution in [3.63, 3.8) is 0 Å². The summed E-state index contributed by atoms with van der Waals surface area (Å²) in [5.74, 6) is 1.07. The average molecular weight is 278 g/mol. The topological polar surface area (TPSA) is 20.3 Å². The van der Waals surface area contributed by atoms with Crippen LogP contribution in [0.2, 0.25) is 0 Å². The maximum Gasteiger partial charge on any atom is 0.230 e. The van der Waals surface area contributed by atoms with Crippen LogP contribution in [0.5, 0.6) is 0 Å². The molecule has 1 fully saturated rings. The SMILES string of the molecule is O=C(C1Cc2ccccc21)N(CCCCl)C1CCC1. The molecule has 0 saturated heterocycles. The van der Waals surface area contributed by atoms with Crippen LogP contribution < -0.4 is 0 Å². The van der Waals surface area contributed by atoms with Gasteiger partial charge in [-0.1, -0.05) is 24.3 Å². The van der Waals surface area contributed by atoms with E-state index in [1.54, 1.807) is 0 Å². The molecule has 1 saturated carbocycles. The van der Waals surface area contributed by atoms with E-state index >= 15 is 0 Å². The van der Waals surface area contributed by atoms with Gasteiger partial charge in [-0.05, 0) is 43.2 Å². The molecule has 1 aromatic carbocycles. The smallest absolute Gasteiger partial charge is 0.230 e. The summed E-state index contributed by atoms with van der Waals surface area (Å²) in [5.41, 5.74) is 2.58. The second-order valence-electron chi connectivity index (χ2n) is 5.61. The molecule has 0 aliphatic heterocycles. The van der Waals surface area contributed by atoms with Gasteiger partial charge in [-0.3, -0.25) is 4.79 Å². The van der Waals surface area contributed by atoms with Crippen molar-refractivity contribution in [1.29, 1.82) is 0 Å². The van der Waals surface area contributed by atoms with Crippen molar-refractivity contribution in [2.75, 3.05) is 12.4 Å². The van der Waals surface area contributed by atoms with Crippen molar-refractivity contribution < 1.29 is 4.79 Å². The zero-order valence-electron chi connectivity index (χ0n) is 11.1. The minimum Gasteiger partial charge on any atom is -0.339 e. The Bertz CT molecular complexity index is 470. The Morgan fingerprint density at radius 2 is 2.11 bits per heavy atom. The quantitative estimate of drug-likeness (QED) is 0.756. The van der Waals surface area contributed by atoms with Crippen LogP contribution in [0.4, 0.5) is 0 Å². The zero-order valence-corrected chi connectivity index (χ0v) is 11.9. The van der Waals surface area contributed by atoms with Gasteiger partial charge in [0, 0.05) is 18.5 Å². The largest absolute Gasteiger partial charge is 0.339 e. The third-order valence-electron chi connectivity index (χ3n) is 4.48. The summed E-state index contributed by atoms with van der Waals surface area (Å²) in [4.78, 5) is 14.8. The highest BCUT2D eigenvalue weighted by molar-refractivity contribution is 6.17. The Morgan fingerprint density at radius 3 is 2.74 bits per heavy atom. The predicted molar refractivity (Wildman–Crippen MR) is 77.6 cm³/mol. The Labute approximate surface area is 119 Å². The maximum absolute atomic E-state index is 12.7. The predicted octanol–water partition coefficient (Wildman–Crippen LogP) is 3.34. The fourth-order valence-electron chi connectivity index (χ4n) is 3.08. The number of hydrogen-bond acceptors (Lipinski definition) is 1. The molecule has 3 heteroatoms. The molecule has 0 bridgehead atoms. The van der Waals surface area contributed by atoms with Gasteiger partial charge in [0.1, 0.15) is 0 Å². The zero-order chi connectivity index (χ0) is 13.2. The first-order valence-electron chi connectivity index (χ1n) is 7.25. The summed E-state index contributed by atoms with van der Waals surface area (Å²) in [6, 6.07) is 8.79. The average Bonchev–Trinajstić information content (AvgIpc) is 2.33. The van der Waals surface area contributed by atoms with Crippen molar-refractivity contribution in [1.82, 2.24) is 4.90 Å². The molecule has 0 heterocycles. The Kier molecular flexibility index (Phi) is 3.79. The fraction of sp³-hybridized carbons (Fsp3) is 0.562. The van der Waals surface area contributed by atoms with Gasteiger partial charge >= 0.3 is 0 Å². The van der Waals surface area contributed by atoms with Crippen LogP contribution in [-0.2, 0) is 11.2 Å². The van der Waals surface area contributed by atoms with Gasteiger partial charge in [0.05, 0.1) is 5.92 Å². The van der Waals surface area contributed by atoms with E-state index in [4.69, 9.17) is 11.6 Å². The first-order chi connectivity index (χ1) is 9.31. The third-order valence-corrected chi connectivity index (χ3v) is 4.75. The standard InChI is InChI=1S/C16H20ClNO/c17-9-4-10-18(13-6-3-7-13)16(19)15-11-12-5-1-2-8-14(12)15/h1-2,5,8,13,15H,3-4,6-7,9-11H2. The van der Waals surface area contributed by atoms with Gasteiger partial charge in [-0.25, -0.2) is 0 Å². The van der Waals surface area contributed by atoms with Crippen molar-refractivity contribution in [3.05, 3.63) is 35.4 Å². The lowest BCUT2D eigenvalue weighted by Crippen LogP contribution is -2.48. The number of benzene rings is 1. The van der Waals surface area contributed by atoms with Gasteiger partial charge < -0.3 is 4.90 Å². The summed E-state index contributed by atoms with van der Waals surface area (Å²) in [7, 11) is 0. The summed E-state index contributed by atoms with van der Waals surface area (Å²) < 4.78 is 0. The van der Waals surface area contributed by atoms with Gasteiger partial charge in [-0.2, -0.15) is 0 Å². The molecule has 2 aliphatic rings. The molecule has 1 aromatic rings. The lowest BCUT2D eigenvalue weighted by atomic mass is 9.76. The molecule has 0 N–H and O–H groups in total. The van der Waals surface area contributed by atoms with Crippen LogP contribution in [0.3, 0.4) is 0 Å². The molecule has 3 rings (SSSR count). The molecule has 1 unspecified atom stereocenters. The molecular weight excluding hydrogens is 258 g/mol. The van der Waals surface area contributed by atoms with Crippen LogP contribution >= 0.6 is 11.6 Å². The maximum atomic E-state index is 12.7. The van der Waals surface area contributed by atoms with Gasteiger partial charge in [0.2, 0.25) is 5.91 Å². The van der Waals surface area contributed by atoms with Gasteiger partial charge in [-0.15, -0.1) is 11.6 Å². The van der Waals surface area contributed by atoms with Crippen molar-refractivity contribution in [2.24, 2.45) is 0 Å². The Balaban J connectivity index is 1.71. The molecule has 2 nitrogen and oxygen atoms in total. The van der Waals surface area contributed by atoms with Crippen LogP contribution in [-0.4, -0.2) is 29.3 Å². The number of hydrogen-bond donors (Lipinski definition) is 0. The molecule has 1 atom stereocenters. The molecule has 102 valence electrons. The van der Waals surface area contributed by atoms with Gasteiger partial charge in [0.25, 0.3) is 0 Å². The fourth-order valence-corrected chi connectivity index (χ4v) is 3.20. The number of rotatable bonds is 5. The minimum absolute atomic E-state index is 0.104. The van der Waals surface area contributed by atoms with Crippen LogP contribution in [0.25, 0.3) is 0 Å².